The Hall–Kier alpha value is -4.68. The highest BCUT2D eigenvalue weighted by Gasteiger charge is 2.32. The Kier molecular flexibility index (Phi) is 8.82. The number of aromatic nitrogens is 2. The highest BCUT2D eigenvalue weighted by atomic mass is 16.4. The van der Waals surface area contributed by atoms with Crippen LogP contribution in [0.25, 0.3) is 21.8 Å². The molecule has 4 atom stereocenters. The summed E-state index contributed by atoms with van der Waals surface area (Å²) >= 11 is 0. The van der Waals surface area contributed by atoms with Crippen molar-refractivity contribution in [3.63, 3.8) is 0 Å². The molecule has 0 radical (unpaired) electrons. The molecule has 4 unspecified atom stereocenters. The zero-order valence-corrected chi connectivity index (χ0v) is 21.8. The number of rotatable bonds is 12. The van der Waals surface area contributed by atoms with E-state index < -0.39 is 54.5 Å². The third-order valence-electron chi connectivity index (χ3n) is 6.71. The zero-order valence-electron chi connectivity index (χ0n) is 21.8. The first-order valence-electron chi connectivity index (χ1n) is 12.8. The number of benzene rings is 2. The molecule has 4 aromatic rings. The quantitative estimate of drug-likeness (QED) is 0.124. The molecule has 0 aliphatic heterocycles. The summed E-state index contributed by atoms with van der Waals surface area (Å²) in [4.78, 5) is 56.9. The largest absolute Gasteiger partial charge is 0.480 e. The third-order valence-corrected chi connectivity index (χ3v) is 6.71. The van der Waals surface area contributed by atoms with Crippen LogP contribution >= 0.6 is 0 Å². The summed E-state index contributed by atoms with van der Waals surface area (Å²) in [5.41, 5.74) is 8.41. The van der Waals surface area contributed by atoms with Crippen LogP contribution in [-0.2, 0) is 32.0 Å². The highest BCUT2D eigenvalue weighted by molar-refractivity contribution is 5.95. The van der Waals surface area contributed by atoms with Crippen LogP contribution in [0.4, 0.5) is 0 Å². The average Bonchev–Trinajstić information content (AvgIpc) is 3.54. The van der Waals surface area contributed by atoms with Crippen molar-refractivity contribution in [1.29, 1.82) is 0 Å². The topological polar surface area (TPSA) is 202 Å². The minimum absolute atomic E-state index is 0.00168. The van der Waals surface area contributed by atoms with Gasteiger partial charge in [-0.3, -0.25) is 14.4 Å². The van der Waals surface area contributed by atoms with Gasteiger partial charge in [0.25, 0.3) is 0 Å². The molecule has 12 nitrogen and oxygen atoms in total. The molecular weight excluding hydrogens is 516 g/mol. The molecule has 2 heterocycles. The van der Waals surface area contributed by atoms with Crippen molar-refractivity contribution >= 4 is 45.5 Å². The monoisotopic (exact) mass is 548 g/mol. The number of carboxylic acids is 1. The van der Waals surface area contributed by atoms with E-state index in [1.807, 2.05) is 48.5 Å². The number of aliphatic hydroxyl groups is 1. The number of carbonyl (C=O) groups excluding carboxylic acids is 3. The summed E-state index contributed by atoms with van der Waals surface area (Å²) in [6.07, 6.45) is 2.13. The van der Waals surface area contributed by atoms with Gasteiger partial charge < -0.3 is 41.9 Å². The minimum atomic E-state index is -1.38. The van der Waals surface area contributed by atoms with E-state index in [4.69, 9.17) is 5.73 Å². The SMILES string of the molecule is CC(O)C(NC(=O)CN)C(=O)NC(Cc1c[nH]c2ccccc12)C(=O)NC(Cc1c[nH]c2ccccc12)C(=O)O. The molecule has 0 aliphatic rings. The van der Waals surface area contributed by atoms with Gasteiger partial charge in [0, 0.05) is 47.0 Å². The molecule has 0 saturated heterocycles. The van der Waals surface area contributed by atoms with Gasteiger partial charge in [-0.2, -0.15) is 0 Å². The van der Waals surface area contributed by atoms with Gasteiger partial charge in [0.2, 0.25) is 17.7 Å². The van der Waals surface area contributed by atoms with E-state index in [2.05, 4.69) is 25.9 Å². The predicted octanol–water partition coefficient (Wildman–Crippen LogP) is 0.313. The number of carbonyl (C=O) groups is 4. The first-order chi connectivity index (χ1) is 19.2. The fourth-order valence-electron chi connectivity index (χ4n) is 4.62. The number of para-hydroxylation sites is 2. The molecule has 0 saturated carbocycles. The maximum atomic E-state index is 13.5. The van der Waals surface area contributed by atoms with Gasteiger partial charge in [-0.05, 0) is 30.2 Å². The van der Waals surface area contributed by atoms with Crippen LogP contribution in [0.1, 0.15) is 18.1 Å². The Labute approximate surface area is 229 Å². The number of fused-ring (bicyclic) bond motifs is 2. The van der Waals surface area contributed by atoms with Crippen LogP contribution in [0.15, 0.2) is 60.9 Å². The molecule has 40 heavy (non-hydrogen) atoms. The summed E-state index contributed by atoms with van der Waals surface area (Å²) in [5.74, 6) is -3.46. The zero-order chi connectivity index (χ0) is 28.8. The molecule has 9 N–H and O–H groups in total. The van der Waals surface area contributed by atoms with E-state index in [-0.39, 0.29) is 12.8 Å². The summed E-state index contributed by atoms with van der Waals surface area (Å²) in [6, 6.07) is 10.9. The van der Waals surface area contributed by atoms with Crippen LogP contribution < -0.4 is 21.7 Å². The number of aliphatic carboxylic acids is 1. The number of aromatic amines is 2. The van der Waals surface area contributed by atoms with Gasteiger partial charge in [0.1, 0.15) is 18.1 Å². The Balaban J connectivity index is 1.59. The number of carboxylic acid groups (broad SMARTS) is 1. The Morgan fingerprint density at radius 2 is 1.30 bits per heavy atom. The number of nitrogens with two attached hydrogens (primary N) is 1. The lowest BCUT2D eigenvalue weighted by molar-refractivity contribution is -0.142. The van der Waals surface area contributed by atoms with E-state index in [1.54, 1.807) is 12.4 Å². The van der Waals surface area contributed by atoms with Crippen molar-refractivity contribution < 1.29 is 29.4 Å². The normalized spacial score (nSPS) is 14.3. The lowest BCUT2D eigenvalue weighted by Gasteiger charge is -2.25. The van der Waals surface area contributed by atoms with Crippen molar-refractivity contribution in [2.45, 2.75) is 44.0 Å². The van der Waals surface area contributed by atoms with Crippen LogP contribution in [0.2, 0.25) is 0 Å². The van der Waals surface area contributed by atoms with Crippen LogP contribution in [0, 0.1) is 0 Å². The van der Waals surface area contributed by atoms with E-state index >= 15 is 0 Å². The van der Waals surface area contributed by atoms with Crippen LogP contribution in [0.5, 0.6) is 0 Å². The number of aliphatic hydroxyl groups excluding tert-OH is 1. The number of hydrogen-bond donors (Lipinski definition) is 8. The van der Waals surface area contributed by atoms with Gasteiger partial charge in [-0.25, -0.2) is 4.79 Å². The maximum absolute atomic E-state index is 13.5. The predicted molar refractivity (Wildman–Crippen MR) is 148 cm³/mol. The molecule has 0 bridgehead atoms. The second kappa shape index (κ2) is 12.5. The van der Waals surface area contributed by atoms with Crippen LogP contribution in [-0.4, -0.2) is 74.6 Å². The summed E-state index contributed by atoms with van der Waals surface area (Å²) in [6.45, 7) is 0.918. The van der Waals surface area contributed by atoms with Crippen LogP contribution in [0.3, 0.4) is 0 Å². The summed E-state index contributed by atoms with van der Waals surface area (Å²) in [7, 11) is 0. The van der Waals surface area contributed by atoms with E-state index in [9.17, 15) is 29.4 Å². The van der Waals surface area contributed by atoms with Crippen molar-refractivity contribution in [3.8, 4) is 0 Å². The van der Waals surface area contributed by atoms with Gasteiger partial charge in [0.05, 0.1) is 12.6 Å². The van der Waals surface area contributed by atoms with E-state index in [0.29, 0.717) is 11.1 Å². The summed E-state index contributed by atoms with van der Waals surface area (Å²) < 4.78 is 0. The standard InChI is InChI=1S/C28H32N6O6/c1-15(35)25(34-24(36)12-29)27(38)32-22(10-16-13-30-20-8-4-2-6-18(16)20)26(37)33-23(28(39)40)11-17-14-31-21-9-5-3-7-19(17)21/h2-9,13-15,22-23,25,30-31,35H,10-12,29H2,1H3,(H,32,38)(H,33,37)(H,34,36)(H,39,40). The van der Waals surface area contributed by atoms with Crippen molar-refractivity contribution in [3.05, 3.63) is 72.1 Å². The smallest absolute Gasteiger partial charge is 0.326 e. The number of nitrogens with one attached hydrogen (secondary N) is 5. The Morgan fingerprint density at radius 3 is 1.80 bits per heavy atom. The molecular formula is C28H32N6O6. The van der Waals surface area contributed by atoms with Crippen molar-refractivity contribution in [2.75, 3.05) is 6.54 Å². The summed E-state index contributed by atoms with van der Waals surface area (Å²) in [5, 5.41) is 29.2. The number of H-pyrrole nitrogens is 2. The molecule has 0 spiro atoms. The van der Waals surface area contributed by atoms with Gasteiger partial charge >= 0.3 is 5.97 Å². The molecule has 0 aliphatic carbocycles. The molecule has 2 aromatic heterocycles. The Bertz CT molecular complexity index is 1530. The molecule has 2 aromatic carbocycles. The molecule has 4 rings (SSSR count). The van der Waals surface area contributed by atoms with Gasteiger partial charge in [0.15, 0.2) is 0 Å². The fourth-order valence-corrected chi connectivity index (χ4v) is 4.62. The molecule has 3 amide bonds. The first-order valence-corrected chi connectivity index (χ1v) is 12.8. The van der Waals surface area contributed by atoms with Crippen molar-refractivity contribution in [1.82, 2.24) is 25.9 Å². The van der Waals surface area contributed by atoms with Crippen molar-refractivity contribution in [2.24, 2.45) is 5.73 Å². The fraction of sp³-hybridized carbons (Fsp3) is 0.286. The third kappa shape index (κ3) is 6.47. The first kappa shape index (κ1) is 28.3. The second-order valence-corrected chi connectivity index (χ2v) is 9.58. The van der Waals surface area contributed by atoms with E-state index in [0.717, 1.165) is 21.8 Å². The number of amides is 3. The minimum Gasteiger partial charge on any atom is -0.480 e. The van der Waals surface area contributed by atoms with E-state index in [1.165, 1.54) is 6.92 Å². The number of hydrogen-bond acceptors (Lipinski definition) is 6. The lowest BCUT2D eigenvalue weighted by atomic mass is 10.0. The van der Waals surface area contributed by atoms with Gasteiger partial charge in [-0.15, -0.1) is 0 Å². The maximum Gasteiger partial charge on any atom is 0.326 e. The Morgan fingerprint density at radius 1 is 0.800 bits per heavy atom. The lowest BCUT2D eigenvalue weighted by Crippen LogP contribution is -2.59. The van der Waals surface area contributed by atoms with Gasteiger partial charge in [-0.1, -0.05) is 36.4 Å². The highest BCUT2D eigenvalue weighted by Crippen LogP contribution is 2.21. The second-order valence-electron chi connectivity index (χ2n) is 9.58. The molecule has 12 heteroatoms. The average molecular weight is 549 g/mol. The molecule has 0 fully saturated rings. The molecule has 210 valence electrons.